The van der Waals surface area contributed by atoms with E-state index in [4.69, 9.17) is 10.5 Å². The number of nitrogens with one attached hydrogen (secondary N) is 1. The minimum absolute atomic E-state index is 0.483. The molecule has 3 N–H and O–H groups in total. The lowest BCUT2D eigenvalue weighted by Gasteiger charge is -2.25. The molecule has 0 bridgehead atoms. The zero-order valence-corrected chi connectivity index (χ0v) is 12.4. The van der Waals surface area contributed by atoms with Gasteiger partial charge in [-0.05, 0) is 36.8 Å². The first-order valence-electron chi connectivity index (χ1n) is 7.38. The fourth-order valence-electron chi connectivity index (χ4n) is 2.84. The van der Waals surface area contributed by atoms with E-state index in [0.29, 0.717) is 11.9 Å². The van der Waals surface area contributed by atoms with Crippen LogP contribution in [-0.2, 0) is 0 Å². The van der Waals surface area contributed by atoms with Crippen molar-refractivity contribution >= 4 is 11.6 Å². The molecule has 0 aliphatic heterocycles. The SMILES string of the molecule is COc1cccc(NC(N)=NCC2CCCC(C)C2)c1. The summed E-state index contributed by atoms with van der Waals surface area (Å²) in [5.74, 6) is 2.81. The van der Waals surface area contributed by atoms with Crippen LogP contribution in [-0.4, -0.2) is 19.6 Å². The monoisotopic (exact) mass is 275 g/mol. The predicted molar refractivity (Wildman–Crippen MR) is 84.2 cm³/mol. The average Bonchev–Trinajstić information content (AvgIpc) is 2.45. The molecule has 1 aliphatic rings. The van der Waals surface area contributed by atoms with Gasteiger partial charge >= 0.3 is 0 Å². The van der Waals surface area contributed by atoms with Gasteiger partial charge in [0, 0.05) is 18.3 Å². The van der Waals surface area contributed by atoms with Crippen molar-refractivity contribution in [1.29, 1.82) is 0 Å². The summed E-state index contributed by atoms with van der Waals surface area (Å²) >= 11 is 0. The Kier molecular flexibility index (Phi) is 5.27. The second-order valence-corrected chi connectivity index (χ2v) is 5.72. The third kappa shape index (κ3) is 4.44. The van der Waals surface area contributed by atoms with Gasteiger partial charge in [-0.2, -0.15) is 0 Å². The molecule has 0 heterocycles. The van der Waals surface area contributed by atoms with Gasteiger partial charge in [0.15, 0.2) is 5.96 Å². The number of methoxy groups -OCH3 is 1. The number of anilines is 1. The van der Waals surface area contributed by atoms with Crippen LogP contribution in [0, 0.1) is 11.8 Å². The summed E-state index contributed by atoms with van der Waals surface area (Å²) in [5.41, 5.74) is 6.85. The van der Waals surface area contributed by atoms with Crippen LogP contribution in [0.2, 0.25) is 0 Å². The number of hydrogen-bond acceptors (Lipinski definition) is 2. The van der Waals surface area contributed by atoms with Crippen molar-refractivity contribution in [2.45, 2.75) is 32.6 Å². The molecule has 4 nitrogen and oxygen atoms in total. The van der Waals surface area contributed by atoms with Gasteiger partial charge in [-0.25, -0.2) is 0 Å². The fourth-order valence-corrected chi connectivity index (χ4v) is 2.84. The Labute approximate surface area is 121 Å². The van der Waals surface area contributed by atoms with E-state index >= 15 is 0 Å². The number of hydrogen-bond donors (Lipinski definition) is 2. The van der Waals surface area contributed by atoms with Crippen LogP contribution in [0.4, 0.5) is 5.69 Å². The van der Waals surface area contributed by atoms with Gasteiger partial charge in [0.25, 0.3) is 0 Å². The van der Waals surface area contributed by atoms with Gasteiger partial charge in [-0.15, -0.1) is 0 Å². The summed E-state index contributed by atoms with van der Waals surface area (Å²) in [6.07, 6.45) is 5.23. The quantitative estimate of drug-likeness (QED) is 0.655. The lowest BCUT2D eigenvalue weighted by molar-refractivity contribution is 0.289. The van der Waals surface area contributed by atoms with E-state index in [9.17, 15) is 0 Å². The zero-order valence-electron chi connectivity index (χ0n) is 12.4. The van der Waals surface area contributed by atoms with Gasteiger partial charge in [0.1, 0.15) is 5.75 Å². The molecule has 1 aromatic rings. The van der Waals surface area contributed by atoms with E-state index in [2.05, 4.69) is 17.2 Å². The molecule has 2 atom stereocenters. The van der Waals surface area contributed by atoms with Gasteiger partial charge in [-0.3, -0.25) is 4.99 Å². The van der Waals surface area contributed by atoms with E-state index < -0.39 is 0 Å². The van der Waals surface area contributed by atoms with Crippen LogP contribution in [0.5, 0.6) is 5.75 Å². The van der Waals surface area contributed by atoms with Crippen LogP contribution in [0.15, 0.2) is 29.3 Å². The largest absolute Gasteiger partial charge is 0.497 e. The molecule has 2 unspecified atom stereocenters. The summed E-state index contributed by atoms with van der Waals surface area (Å²) in [5, 5.41) is 3.12. The molecular formula is C16H25N3O. The molecule has 4 heteroatoms. The molecule has 0 spiro atoms. The Morgan fingerprint density at radius 2 is 2.30 bits per heavy atom. The van der Waals surface area contributed by atoms with Crippen LogP contribution >= 0.6 is 0 Å². The molecule has 20 heavy (non-hydrogen) atoms. The van der Waals surface area contributed by atoms with Crippen LogP contribution in [0.1, 0.15) is 32.6 Å². The lowest BCUT2D eigenvalue weighted by atomic mass is 9.82. The molecule has 0 saturated heterocycles. The summed E-state index contributed by atoms with van der Waals surface area (Å²) in [7, 11) is 1.65. The third-order valence-corrected chi connectivity index (χ3v) is 3.91. The first-order valence-corrected chi connectivity index (χ1v) is 7.38. The maximum Gasteiger partial charge on any atom is 0.193 e. The molecule has 1 saturated carbocycles. The van der Waals surface area contributed by atoms with Crippen molar-refractivity contribution in [3.05, 3.63) is 24.3 Å². The molecule has 2 rings (SSSR count). The number of guanidine groups is 1. The highest BCUT2D eigenvalue weighted by Crippen LogP contribution is 2.28. The van der Waals surface area contributed by atoms with Crippen molar-refractivity contribution in [2.24, 2.45) is 22.6 Å². The molecule has 0 radical (unpaired) electrons. The topological polar surface area (TPSA) is 59.6 Å². The van der Waals surface area contributed by atoms with Crippen LogP contribution < -0.4 is 15.8 Å². The van der Waals surface area contributed by atoms with Crippen LogP contribution in [0.3, 0.4) is 0 Å². The molecule has 0 aromatic heterocycles. The number of nitrogens with zero attached hydrogens (tertiary/aromatic N) is 1. The molecular weight excluding hydrogens is 250 g/mol. The Morgan fingerprint density at radius 3 is 3.05 bits per heavy atom. The molecule has 0 amide bonds. The first-order chi connectivity index (χ1) is 9.67. The van der Waals surface area contributed by atoms with E-state index in [1.807, 2.05) is 24.3 Å². The maximum absolute atomic E-state index is 5.95. The Morgan fingerprint density at radius 1 is 1.45 bits per heavy atom. The van der Waals surface area contributed by atoms with E-state index in [0.717, 1.165) is 23.9 Å². The smallest absolute Gasteiger partial charge is 0.193 e. The highest BCUT2D eigenvalue weighted by molar-refractivity contribution is 5.92. The lowest BCUT2D eigenvalue weighted by Crippen LogP contribution is -2.25. The van der Waals surface area contributed by atoms with Crippen molar-refractivity contribution in [1.82, 2.24) is 0 Å². The minimum atomic E-state index is 0.483. The predicted octanol–water partition coefficient (Wildman–Crippen LogP) is 3.25. The van der Waals surface area contributed by atoms with Crippen LogP contribution in [0.25, 0.3) is 0 Å². The fraction of sp³-hybridized carbons (Fsp3) is 0.562. The number of rotatable bonds is 4. The highest BCUT2D eigenvalue weighted by Gasteiger charge is 2.18. The average molecular weight is 275 g/mol. The summed E-state index contributed by atoms with van der Waals surface area (Å²) < 4.78 is 5.18. The van der Waals surface area contributed by atoms with E-state index in [1.54, 1.807) is 7.11 Å². The summed E-state index contributed by atoms with van der Waals surface area (Å²) in [6.45, 7) is 3.15. The Hall–Kier alpha value is -1.71. The van der Waals surface area contributed by atoms with E-state index in [-0.39, 0.29) is 0 Å². The van der Waals surface area contributed by atoms with Gasteiger partial charge in [0.05, 0.1) is 7.11 Å². The van der Waals surface area contributed by atoms with Crippen molar-refractivity contribution < 1.29 is 4.74 Å². The molecule has 1 aliphatic carbocycles. The number of nitrogens with two attached hydrogens (primary N) is 1. The second-order valence-electron chi connectivity index (χ2n) is 5.72. The molecule has 1 aromatic carbocycles. The van der Waals surface area contributed by atoms with Crippen molar-refractivity contribution in [3.63, 3.8) is 0 Å². The van der Waals surface area contributed by atoms with E-state index in [1.165, 1.54) is 25.7 Å². The summed E-state index contributed by atoms with van der Waals surface area (Å²) in [4.78, 5) is 4.48. The second kappa shape index (κ2) is 7.17. The van der Waals surface area contributed by atoms with Gasteiger partial charge in [0.2, 0.25) is 0 Å². The normalized spacial score (nSPS) is 23.4. The van der Waals surface area contributed by atoms with Crippen molar-refractivity contribution in [2.75, 3.05) is 19.0 Å². The molecule has 110 valence electrons. The zero-order chi connectivity index (χ0) is 14.4. The number of ether oxygens (including phenoxy) is 1. The maximum atomic E-state index is 5.95. The Bertz CT molecular complexity index is 459. The van der Waals surface area contributed by atoms with Crippen molar-refractivity contribution in [3.8, 4) is 5.75 Å². The highest BCUT2D eigenvalue weighted by atomic mass is 16.5. The van der Waals surface area contributed by atoms with Gasteiger partial charge in [-0.1, -0.05) is 25.8 Å². The first kappa shape index (κ1) is 14.7. The Balaban J connectivity index is 1.86. The summed E-state index contributed by atoms with van der Waals surface area (Å²) in [6, 6.07) is 7.69. The third-order valence-electron chi connectivity index (χ3n) is 3.91. The minimum Gasteiger partial charge on any atom is -0.497 e. The van der Waals surface area contributed by atoms with Gasteiger partial charge < -0.3 is 15.8 Å². The number of aliphatic imine (C=N–C) groups is 1. The molecule has 1 fully saturated rings. The standard InChI is InChI=1S/C16H25N3O/c1-12-5-3-6-13(9-12)11-18-16(17)19-14-7-4-8-15(10-14)20-2/h4,7-8,10,12-13H,3,5-6,9,11H2,1-2H3,(H3,17,18,19). The number of benzene rings is 1.